The number of hydrogen-bond donors (Lipinski definition) is 2. The van der Waals surface area contributed by atoms with Crippen molar-refractivity contribution < 1.29 is 4.74 Å². The van der Waals surface area contributed by atoms with Crippen LogP contribution in [-0.4, -0.2) is 49.8 Å². The Morgan fingerprint density at radius 1 is 1.17 bits per heavy atom. The number of aryl methyl sites for hydroxylation is 2. The van der Waals surface area contributed by atoms with Crippen LogP contribution in [0.25, 0.3) is 0 Å². The van der Waals surface area contributed by atoms with Gasteiger partial charge in [-0.1, -0.05) is 35.4 Å². The number of guanidine groups is 1. The van der Waals surface area contributed by atoms with Crippen LogP contribution in [0.5, 0.6) is 0 Å². The summed E-state index contributed by atoms with van der Waals surface area (Å²) in [6, 6.07) is 10.9. The largest absolute Gasteiger partial charge is 0.375 e. The van der Waals surface area contributed by atoms with Crippen LogP contribution in [0, 0.1) is 13.8 Å². The minimum absolute atomic E-state index is 0.252. The molecule has 1 fully saturated rings. The number of benzene rings is 1. The van der Waals surface area contributed by atoms with Crippen molar-refractivity contribution in [3.8, 4) is 0 Å². The van der Waals surface area contributed by atoms with Crippen molar-refractivity contribution in [2.45, 2.75) is 46.8 Å². The molecule has 0 radical (unpaired) electrons. The number of pyridine rings is 1. The highest BCUT2D eigenvalue weighted by atomic mass is 16.5. The first-order valence-electron chi connectivity index (χ1n) is 10.9. The second-order valence-electron chi connectivity index (χ2n) is 8.02. The Hall–Kier alpha value is -2.60. The maximum absolute atomic E-state index is 5.61. The summed E-state index contributed by atoms with van der Waals surface area (Å²) in [5.74, 6) is 1.85. The number of aromatic nitrogens is 1. The van der Waals surface area contributed by atoms with Crippen molar-refractivity contribution in [1.29, 1.82) is 0 Å². The lowest BCUT2D eigenvalue weighted by atomic mass is 10.1. The zero-order valence-corrected chi connectivity index (χ0v) is 18.7. The maximum atomic E-state index is 5.61. The number of nitrogens with zero attached hydrogens (tertiary/aromatic N) is 3. The van der Waals surface area contributed by atoms with Gasteiger partial charge in [-0.3, -0.25) is 0 Å². The van der Waals surface area contributed by atoms with Crippen LogP contribution in [0.2, 0.25) is 0 Å². The Balaban J connectivity index is 1.53. The maximum Gasteiger partial charge on any atom is 0.191 e. The lowest BCUT2D eigenvalue weighted by Crippen LogP contribution is -2.41. The van der Waals surface area contributed by atoms with Crippen LogP contribution in [0.15, 0.2) is 41.5 Å². The van der Waals surface area contributed by atoms with Crippen molar-refractivity contribution in [1.82, 2.24) is 15.6 Å². The first kappa shape index (κ1) is 22.1. The van der Waals surface area contributed by atoms with Gasteiger partial charge in [0.05, 0.1) is 19.3 Å². The van der Waals surface area contributed by atoms with Crippen LogP contribution in [0.3, 0.4) is 0 Å². The molecular weight excluding hydrogens is 374 g/mol. The molecule has 0 bridgehead atoms. The van der Waals surface area contributed by atoms with Gasteiger partial charge in [0, 0.05) is 32.4 Å². The molecule has 0 aliphatic carbocycles. The number of rotatable bonds is 7. The summed E-state index contributed by atoms with van der Waals surface area (Å²) in [5, 5.41) is 6.77. The van der Waals surface area contributed by atoms with E-state index in [2.05, 4.69) is 78.5 Å². The molecule has 0 amide bonds. The van der Waals surface area contributed by atoms with E-state index in [9.17, 15) is 0 Å². The zero-order valence-electron chi connectivity index (χ0n) is 18.7. The molecule has 1 aromatic heterocycles. The average molecular weight is 410 g/mol. The second kappa shape index (κ2) is 11.0. The summed E-state index contributed by atoms with van der Waals surface area (Å²) in [6.45, 7) is 13.3. The normalized spacial score (nSPS) is 17.1. The number of morpholine rings is 1. The summed E-state index contributed by atoms with van der Waals surface area (Å²) in [5.41, 5.74) is 5.08. The molecule has 0 spiro atoms. The number of nitrogens with one attached hydrogen (secondary N) is 2. The van der Waals surface area contributed by atoms with E-state index in [0.717, 1.165) is 56.5 Å². The molecule has 1 aliphatic rings. The molecule has 3 rings (SSSR count). The molecule has 1 saturated heterocycles. The van der Waals surface area contributed by atoms with Crippen LogP contribution < -0.4 is 15.5 Å². The van der Waals surface area contributed by atoms with Gasteiger partial charge in [-0.25, -0.2) is 9.98 Å². The average Bonchev–Trinajstić information content (AvgIpc) is 2.72. The van der Waals surface area contributed by atoms with Crippen LogP contribution in [-0.2, 0) is 17.7 Å². The third kappa shape index (κ3) is 6.73. The molecule has 6 nitrogen and oxygen atoms in total. The summed E-state index contributed by atoms with van der Waals surface area (Å²) in [7, 11) is 0. The topological polar surface area (TPSA) is 61.8 Å². The lowest BCUT2D eigenvalue weighted by molar-refractivity contribution is 0.0529. The van der Waals surface area contributed by atoms with Crippen molar-refractivity contribution in [3.63, 3.8) is 0 Å². The molecule has 162 valence electrons. The third-order valence-electron chi connectivity index (χ3n) is 5.13. The molecule has 2 N–H and O–H groups in total. The number of anilines is 1. The minimum atomic E-state index is 0.252. The number of hydrogen-bond acceptors (Lipinski definition) is 4. The Morgan fingerprint density at radius 3 is 2.63 bits per heavy atom. The third-order valence-corrected chi connectivity index (χ3v) is 5.13. The molecule has 1 aromatic carbocycles. The predicted octanol–water partition coefficient (Wildman–Crippen LogP) is 3.22. The fraction of sp³-hybridized carbons (Fsp3) is 0.500. The predicted molar refractivity (Wildman–Crippen MR) is 124 cm³/mol. The molecule has 30 heavy (non-hydrogen) atoms. The van der Waals surface area contributed by atoms with Crippen LogP contribution in [0.4, 0.5) is 5.82 Å². The van der Waals surface area contributed by atoms with Gasteiger partial charge in [0.1, 0.15) is 5.82 Å². The quantitative estimate of drug-likeness (QED) is 0.543. The van der Waals surface area contributed by atoms with E-state index in [-0.39, 0.29) is 6.10 Å². The first-order chi connectivity index (χ1) is 14.5. The van der Waals surface area contributed by atoms with E-state index in [0.29, 0.717) is 6.54 Å². The summed E-state index contributed by atoms with van der Waals surface area (Å²) in [4.78, 5) is 11.6. The molecule has 1 unspecified atom stereocenters. The monoisotopic (exact) mass is 409 g/mol. The highest BCUT2D eigenvalue weighted by Gasteiger charge is 2.17. The SMILES string of the molecule is CCNC(=NCc1ccc(N2CCOC(C)C2)nc1)NCCc1cc(C)cc(C)c1. The first-order valence-corrected chi connectivity index (χ1v) is 10.9. The van der Waals surface area contributed by atoms with Crippen LogP contribution >= 0.6 is 0 Å². The molecule has 2 heterocycles. The van der Waals surface area contributed by atoms with E-state index in [1.807, 2.05) is 6.20 Å². The fourth-order valence-corrected chi connectivity index (χ4v) is 3.77. The van der Waals surface area contributed by atoms with Crippen molar-refractivity contribution >= 4 is 11.8 Å². The van der Waals surface area contributed by atoms with E-state index >= 15 is 0 Å². The minimum Gasteiger partial charge on any atom is -0.375 e. The molecule has 6 heteroatoms. The van der Waals surface area contributed by atoms with E-state index in [1.54, 1.807) is 0 Å². The van der Waals surface area contributed by atoms with Gasteiger partial charge >= 0.3 is 0 Å². The molecule has 1 aliphatic heterocycles. The van der Waals surface area contributed by atoms with Gasteiger partial charge in [0.25, 0.3) is 0 Å². The Bertz CT molecular complexity index is 814. The van der Waals surface area contributed by atoms with Gasteiger partial charge in [-0.05, 0) is 51.3 Å². The Morgan fingerprint density at radius 2 is 1.97 bits per heavy atom. The van der Waals surface area contributed by atoms with Crippen LogP contribution in [0.1, 0.15) is 36.1 Å². The zero-order chi connectivity index (χ0) is 21.3. The standard InChI is InChI=1S/C24H35N5O/c1-5-25-24(26-9-8-21-13-18(2)12-19(3)14-21)28-16-22-6-7-23(27-15-22)29-10-11-30-20(4)17-29/h6-7,12-15,20H,5,8-11,16-17H2,1-4H3,(H2,25,26,28). The lowest BCUT2D eigenvalue weighted by Gasteiger charge is -2.32. The highest BCUT2D eigenvalue weighted by Crippen LogP contribution is 2.15. The molecule has 1 atom stereocenters. The van der Waals surface area contributed by atoms with Crippen molar-refractivity contribution in [2.24, 2.45) is 4.99 Å². The molecule has 0 saturated carbocycles. The molecular formula is C24H35N5O. The molecule has 2 aromatic rings. The fourth-order valence-electron chi connectivity index (χ4n) is 3.77. The number of ether oxygens (including phenoxy) is 1. The summed E-state index contributed by atoms with van der Waals surface area (Å²) < 4.78 is 5.61. The Labute approximate surface area is 180 Å². The van der Waals surface area contributed by atoms with E-state index < -0.39 is 0 Å². The Kier molecular flexibility index (Phi) is 8.08. The van der Waals surface area contributed by atoms with Gasteiger partial charge in [0.15, 0.2) is 5.96 Å². The van der Waals surface area contributed by atoms with Gasteiger partial charge in [-0.15, -0.1) is 0 Å². The van der Waals surface area contributed by atoms with Crippen molar-refractivity contribution in [2.75, 3.05) is 37.7 Å². The summed E-state index contributed by atoms with van der Waals surface area (Å²) >= 11 is 0. The smallest absolute Gasteiger partial charge is 0.191 e. The van der Waals surface area contributed by atoms with E-state index in [4.69, 9.17) is 9.73 Å². The van der Waals surface area contributed by atoms with Crippen molar-refractivity contribution in [3.05, 3.63) is 58.8 Å². The van der Waals surface area contributed by atoms with Gasteiger partial charge in [-0.2, -0.15) is 0 Å². The van der Waals surface area contributed by atoms with Gasteiger partial charge < -0.3 is 20.3 Å². The number of aliphatic imine (C=N–C) groups is 1. The summed E-state index contributed by atoms with van der Waals surface area (Å²) in [6.07, 6.45) is 3.15. The highest BCUT2D eigenvalue weighted by molar-refractivity contribution is 5.79. The second-order valence-corrected chi connectivity index (χ2v) is 8.02. The van der Waals surface area contributed by atoms with Gasteiger partial charge in [0.2, 0.25) is 0 Å². The van der Waals surface area contributed by atoms with E-state index in [1.165, 1.54) is 16.7 Å².